The van der Waals surface area contributed by atoms with Crippen LogP contribution < -0.4 is 0 Å². The van der Waals surface area contributed by atoms with Gasteiger partial charge < -0.3 is 20.0 Å². The topological polar surface area (TPSA) is 122 Å². The number of urea groups is 1. The minimum absolute atomic E-state index is 0.105. The number of amides is 2. The van der Waals surface area contributed by atoms with Crippen LogP contribution in [0.4, 0.5) is 4.79 Å². The monoisotopic (exact) mass is 257 g/mol. The Morgan fingerprint density at radius 1 is 1.11 bits per heavy atom. The Morgan fingerprint density at radius 2 is 1.61 bits per heavy atom. The van der Waals surface area contributed by atoms with Crippen molar-refractivity contribution in [1.29, 1.82) is 5.26 Å². The van der Waals surface area contributed by atoms with Gasteiger partial charge in [0.05, 0.1) is 12.5 Å². The average Bonchev–Trinajstić information content (AvgIpc) is 2.27. The summed E-state index contributed by atoms with van der Waals surface area (Å²) in [4.78, 5) is 34.9. The molecule has 0 saturated heterocycles. The lowest BCUT2D eigenvalue weighted by atomic mass is 10.4. The van der Waals surface area contributed by atoms with Crippen LogP contribution in [-0.4, -0.2) is 64.2 Å². The molecular weight excluding hydrogens is 242 g/mol. The third-order valence-electron chi connectivity index (χ3n) is 2.07. The van der Waals surface area contributed by atoms with Crippen molar-refractivity contribution in [2.75, 3.05) is 26.2 Å². The molecule has 0 spiro atoms. The van der Waals surface area contributed by atoms with Gasteiger partial charge in [0, 0.05) is 13.1 Å². The lowest BCUT2D eigenvalue weighted by molar-refractivity contribution is -0.140. The minimum atomic E-state index is -1.29. The number of hydrogen-bond donors (Lipinski definition) is 2. The standard InChI is InChI=1S/C10H15N3O5/c1-2-12(5-3-4-11)10(18)13(6-8(14)15)7-9(16)17/h2-3,5-7H2,1H3,(H,14,15)(H,16,17). The van der Waals surface area contributed by atoms with Crippen LogP contribution in [0, 0.1) is 11.3 Å². The van der Waals surface area contributed by atoms with Crippen LogP contribution in [0.1, 0.15) is 13.3 Å². The number of carboxylic acid groups (broad SMARTS) is 2. The Labute approximate surface area is 104 Å². The van der Waals surface area contributed by atoms with Gasteiger partial charge in [-0.2, -0.15) is 5.26 Å². The zero-order valence-electron chi connectivity index (χ0n) is 10.00. The van der Waals surface area contributed by atoms with E-state index in [9.17, 15) is 14.4 Å². The Kier molecular flexibility index (Phi) is 6.88. The maximum absolute atomic E-state index is 11.9. The number of carboxylic acids is 2. The van der Waals surface area contributed by atoms with E-state index in [4.69, 9.17) is 15.5 Å². The summed E-state index contributed by atoms with van der Waals surface area (Å²) in [6, 6.07) is 1.17. The molecule has 0 aromatic rings. The van der Waals surface area contributed by atoms with E-state index in [1.165, 1.54) is 4.90 Å². The fourth-order valence-corrected chi connectivity index (χ4v) is 1.29. The molecule has 0 bridgehead atoms. The Bertz CT molecular complexity index is 347. The predicted molar refractivity (Wildman–Crippen MR) is 59.7 cm³/mol. The van der Waals surface area contributed by atoms with Crippen LogP contribution in [0.15, 0.2) is 0 Å². The highest BCUT2D eigenvalue weighted by molar-refractivity contribution is 5.84. The molecule has 0 rings (SSSR count). The van der Waals surface area contributed by atoms with Crippen LogP contribution in [-0.2, 0) is 9.59 Å². The minimum Gasteiger partial charge on any atom is -0.480 e. The van der Waals surface area contributed by atoms with Crippen molar-refractivity contribution >= 4 is 18.0 Å². The Balaban J connectivity index is 4.74. The van der Waals surface area contributed by atoms with Crippen molar-refractivity contribution in [3.63, 3.8) is 0 Å². The van der Waals surface area contributed by atoms with Crippen molar-refractivity contribution in [3.8, 4) is 6.07 Å². The van der Waals surface area contributed by atoms with Gasteiger partial charge in [0.2, 0.25) is 0 Å². The van der Waals surface area contributed by atoms with Crippen molar-refractivity contribution in [2.24, 2.45) is 0 Å². The van der Waals surface area contributed by atoms with E-state index >= 15 is 0 Å². The second kappa shape index (κ2) is 7.89. The first kappa shape index (κ1) is 15.7. The Morgan fingerprint density at radius 3 is 1.94 bits per heavy atom. The van der Waals surface area contributed by atoms with E-state index in [0.717, 1.165) is 0 Å². The van der Waals surface area contributed by atoms with E-state index in [1.807, 2.05) is 6.07 Å². The van der Waals surface area contributed by atoms with Gasteiger partial charge in [-0.05, 0) is 6.92 Å². The predicted octanol–water partition coefficient (Wildman–Crippen LogP) is -0.187. The maximum atomic E-state index is 11.9. The summed E-state index contributed by atoms with van der Waals surface area (Å²) in [5, 5.41) is 25.7. The van der Waals surface area contributed by atoms with Gasteiger partial charge in [-0.3, -0.25) is 9.59 Å². The highest BCUT2D eigenvalue weighted by Gasteiger charge is 2.23. The van der Waals surface area contributed by atoms with E-state index in [0.29, 0.717) is 4.90 Å². The lowest BCUT2D eigenvalue weighted by Gasteiger charge is -2.27. The van der Waals surface area contributed by atoms with Crippen molar-refractivity contribution in [2.45, 2.75) is 13.3 Å². The number of nitrogens with zero attached hydrogens (tertiary/aromatic N) is 3. The van der Waals surface area contributed by atoms with Gasteiger partial charge in [0.25, 0.3) is 0 Å². The van der Waals surface area contributed by atoms with Gasteiger partial charge in [0.1, 0.15) is 13.1 Å². The van der Waals surface area contributed by atoms with Crippen LogP contribution in [0.2, 0.25) is 0 Å². The summed E-state index contributed by atoms with van der Waals surface area (Å²) < 4.78 is 0. The molecule has 0 aromatic heterocycles. The molecule has 18 heavy (non-hydrogen) atoms. The number of rotatable bonds is 7. The zero-order chi connectivity index (χ0) is 14.1. The first-order valence-electron chi connectivity index (χ1n) is 5.26. The second-order valence-corrected chi connectivity index (χ2v) is 3.41. The van der Waals surface area contributed by atoms with Crippen LogP contribution in [0.3, 0.4) is 0 Å². The number of hydrogen-bond acceptors (Lipinski definition) is 4. The van der Waals surface area contributed by atoms with Gasteiger partial charge in [0.15, 0.2) is 0 Å². The first-order chi connectivity index (χ1) is 8.42. The maximum Gasteiger partial charge on any atom is 0.323 e. The molecule has 0 heterocycles. The normalized spacial score (nSPS) is 9.33. The molecule has 0 radical (unpaired) electrons. The lowest BCUT2D eigenvalue weighted by Crippen LogP contribution is -2.47. The number of carbonyl (C=O) groups is 3. The quantitative estimate of drug-likeness (QED) is 0.652. The van der Waals surface area contributed by atoms with Crippen molar-refractivity contribution in [3.05, 3.63) is 0 Å². The third kappa shape index (κ3) is 5.69. The molecule has 8 nitrogen and oxygen atoms in total. The average molecular weight is 257 g/mol. The number of carbonyl (C=O) groups excluding carboxylic acids is 1. The number of aliphatic carboxylic acids is 2. The summed E-state index contributed by atoms with van der Waals surface area (Å²) in [6.45, 7) is 0.704. The van der Waals surface area contributed by atoms with E-state index in [2.05, 4.69) is 0 Å². The van der Waals surface area contributed by atoms with Gasteiger partial charge >= 0.3 is 18.0 Å². The van der Waals surface area contributed by atoms with E-state index in [1.54, 1.807) is 6.92 Å². The molecule has 0 fully saturated rings. The summed E-state index contributed by atoms with van der Waals surface area (Å²) >= 11 is 0. The SMILES string of the molecule is CCN(CCC#N)C(=O)N(CC(=O)O)CC(=O)O. The molecule has 0 unspecified atom stereocenters. The molecule has 2 amide bonds. The molecular formula is C10H15N3O5. The fourth-order valence-electron chi connectivity index (χ4n) is 1.29. The molecule has 0 aliphatic heterocycles. The summed E-state index contributed by atoms with van der Waals surface area (Å²) in [5.41, 5.74) is 0. The van der Waals surface area contributed by atoms with Crippen molar-refractivity contribution in [1.82, 2.24) is 9.80 Å². The molecule has 0 aromatic carbocycles. The van der Waals surface area contributed by atoms with Crippen LogP contribution in [0.25, 0.3) is 0 Å². The van der Waals surface area contributed by atoms with Crippen molar-refractivity contribution < 1.29 is 24.6 Å². The highest BCUT2D eigenvalue weighted by Crippen LogP contribution is 2.01. The molecule has 100 valence electrons. The smallest absolute Gasteiger partial charge is 0.323 e. The summed E-state index contributed by atoms with van der Waals surface area (Å²) in [6.07, 6.45) is 0.105. The highest BCUT2D eigenvalue weighted by atomic mass is 16.4. The van der Waals surface area contributed by atoms with E-state index < -0.39 is 31.1 Å². The fraction of sp³-hybridized carbons (Fsp3) is 0.600. The Hall–Kier alpha value is -2.30. The molecule has 0 aliphatic carbocycles. The molecule has 2 N–H and O–H groups in total. The molecule has 0 atom stereocenters. The van der Waals surface area contributed by atoms with Crippen LogP contribution >= 0.6 is 0 Å². The van der Waals surface area contributed by atoms with Gasteiger partial charge in [-0.1, -0.05) is 0 Å². The van der Waals surface area contributed by atoms with Gasteiger partial charge in [-0.15, -0.1) is 0 Å². The first-order valence-corrected chi connectivity index (χ1v) is 5.26. The van der Waals surface area contributed by atoms with Crippen LogP contribution in [0.5, 0.6) is 0 Å². The van der Waals surface area contributed by atoms with Gasteiger partial charge in [-0.25, -0.2) is 4.79 Å². The summed E-state index contributed by atoms with van der Waals surface area (Å²) in [7, 11) is 0. The zero-order valence-corrected chi connectivity index (χ0v) is 10.00. The molecule has 0 aliphatic rings. The number of nitriles is 1. The largest absolute Gasteiger partial charge is 0.480 e. The van der Waals surface area contributed by atoms with E-state index in [-0.39, 0.29) is 19.5 Å². The second-order valence-electron chi connectivity index (χ2n) is 3.41. The molecule has 8 heteroatoms. The third-order valence-corrected chi connectivity index (χ3v) is 2.07. The molecule has 0 saturated carbocycles. The summed E-state index contributed by atoms with van der Waals surface area (Å²) in [5.74, 6) is -2.58.